The Balaban J connectivity index is 2.21. The Morgan fingerprint density at radius 2 is 2.12 bits per heavy atom. The average Bonchev–Trinajstić information content (AvgIpc) is 2.76. The van der Waals surface area contributed by atoms with Gasteiger partial charge in [0.1, 0.15) is 17.9 Å². The van der Waals surface area contributed by atoms with Crippen LogP contribution in [-0.2, 0) is 17.8 Å². The van der Waals surface area contributed by atoms with Crippen LogP contribution in [0.25, 0.3) is 0 Å². The van der Waals surface area contributed by atoms with Gasteiger partial charge in [-0.1, -0.05) is 12.8 Å². The minimum absolute atomic E-state index is 0.250. The molecule has 1 aromatic rings. The minimum Gasteiger partial charge on any atom is -0.330 e. The van der Waals surface area contributed by atoms with Gasteiger partial charge >= 0.3 is 0 Å². The molecule has 0 radical (unpaired) electrons. The Kier molecular flexibility index (Phi) is 6.47. The number of aryl methyl sites for hydroxylation is 1. The van der Waals surface area contributed by atoms with Gasteiger partial charge in [0.25, 0.3) is 0 Å². The van der Waals surface area contributed by atoms with E-state index in [-0.39, 0.29) is 5.78 Å². The van der Waals surface area contributed by atoms with Gasteiger partial charge in [0.15, 0.2) is 0 Å². The molecule has 2 N–H and O–H groups in total. The average molecular weight is 238 g/mol. The lowest BCUT2D eigenvalue weighted by atomic mass is 10.1. The molecule has 0 saturated heterocycles. The Morgan fingerprint density at radius 3 is 2.82 bits per heavy atom. The second-order valence-corrected chi connectivity index (χ2v) is 4.16. The normalized spacial score (nSPS) is 10.7. The number of carbonyl (C=O) groups is 1. The summed E-state index contributed by atoms with van der Waals surface area (Å²) in [6.07, 6.45) is 6.77. The van der Waals surface area contributed by atoms with Gasteiger partial charge in [-0.25, -0.2) is 9.67 Å². The fourth-order valence-electron chi connectivity index (χ4n) is 1.77. The van der Waals surface area contributed by atoms with E-state index in [0.717, 1.165) is 44.6 Å². The van der Waals surface area contributed by atoms with Crippen LogP contribution in [0, 0.1) is 0 Å². The number of hydrogen-bond acceptors (Lipinski definition) is 4. The van der Waals surface area contributed by atoms with E-state index in [9.17, 15) is 4.79 Å². The first-order valence-corrected chi connectivity index (χ1v) is 6.36. The van der Waals surface area contributed by atoms with E-state index >= 15 is 0 Å². The summed E-state index contributed by atoms with van der Waals surface area (Å²) >= 11 is 0. The van der Waals surface area contributed by atoms with Crippen LogP contribution in [0.2, 0.25) is 0 Å². The van der Waals surface area contributed by atoms with Crippen LogP contribution in [-0.4, -0.2) is 27.1 Å². The first kappa shape index (κ1) is 13.8. The van der Waals surface area contributed by atoms with Crippen molar-refractivity contribution in [1.29, 1.82) is 0 Å². The number of rotatable bonds is 9. The maximum absolute atomic E-state index is 11.7. The largest absolute Gasteiger partial charge is 0.330 e. The van der Waals surface area contributed by atoms with E-state index in [1.165, 1.54) is 6.33 Å². The molecule has 5 heteroatoms. The Morgan fingerprint density at radius 1 is 1.35 bits per heavy atom. The van der Waals surface area contributed by atoms with Crippen LogP contribution in [0.5, 0.6) is 0 Å². The number of unbranched alkanes of at least 4 members (excludes halogenated alkanes) is 3. The summed E-state index contributed by atoms with van der Waals surface area (Å²) in [6.45, 7) is 3.50. The lowest BCUT2D eigenvalue weighted by Crippen LogP contribution is -2.10. The fraction of sp³-hybridized carbons (Fsp3) is 0.750. The van der Waals surface area contributed by atoms with E-state index in [2.05, 4.69) is 10.1 Å². The Bertz CT molecular complexity index is 335. The molecule has 1 heterocycles. The van der Waals surface area contributed by atoms with Crippen LogP contribution >= 0.6 is 0 Å². The SMILES string of the molecule is CCn1ncnc1CC(=O)CCCCCCN. The van der Waals surface area contributed by atoms with Crippen molar-refractivity contribution in [2.45, 2.75) is 52.0 Å². The second kappa shape index (κ2) is 7.95. The van der Waals surface area contributed by atoms with E-state index in [0.29, 0.717) is 12.8 Å². The third kappa shape index (κ3) is 5.08. The van der Waals surface area contributed by atoms with Gasteiger partial charge in [-0.15, -0.1) is 0 Å². The first-order chi connectivity index (χ1) is 8.27. The van der Waals surface area contributed by atoms with Crippen molar-refractivity contribution < 1.29 is 4.79 Å². The van der Waals surface area contributed by atoms with Crippen molar-refractivity contribution in [3.05, 3.63) is 12.2 Å². The molecule has 1 aromatic heterocycles. The summed E-state index contributed by atoms with van der Waals surface area (Å²) in [5.41, 5.74) is 5.41. The van der Waals surface area contributed by atoms with Crippen LogP contribution in [0.15, 0.2) is 6.33 Å². The second-order valence-electron chi connectivity index (χ2n) is 4.16. The summed E-state index contributed by atoms with van der Waals surface area (Å²) in [7, 11) is 0. The highest BCUT2D eigenvalue weighted by Crippen LogP contribution is 2.05. The third-order valence-electron chi connectivity index (χ3n) is 2.76. The monoisotopic (exact) mass is 238 g/mol. The Labute approximate surface area is 102 Å². The maximum atomic E-state index is 11.7. The van der Waals surface area contributed by atoms with Gasteiger partial charge in [-0.2, -0.15) is 5.10 Å². The third-order valence-corrected chi connectivity index (χ3v) is 2.76. The topological polar surface area (TPSA) is 73.8 Å². The molecular weight excluding hydrogens is 216 g/mol. The molecule has 96 valence electrons. The molecule has 0 aliphatic heterocycles. The van der Waals surface area contributed by atoms with E-state index in [4.69, 9.17) is 5.73 Å². The van der Waals surface area contributed by atoms with Crippen LogP contribution in [0.4, 0.5) is 0 Å². The smallest absolute Gasteiger partial charge is 0.140 e. The summed E-state index contributed by atoms with van der Waals surface area (Å²) in [4.78, 5) is 15.8. The molecule has 0 amide bonds. The summed E-state index contributed by atoms with van der Waals surface area (Å²) in [5, 5.41) is 4.05. The highest BCUT2D eigenvalue weighted by atomic mass is 16.1. The van der Waals surface area contributed by atoms with Crippen molar-refractivity contribution in [3.8, 4) is 0 Å². The zero-order valence-corrected chi connectivity index (χ0v) is 10.6. The highest BCUT2D eigenvalue weighted by molar-refractivity contribution is 5.80. The van der Waals surface area contributed by atoms with Crippen LogP contribution < -0.4 is 5.73 Å². The van der Waals surface area contributed by atoms with Crippen molar-refractivity contribution in [1.82, 2.24) is 14.8 Å². The molecule has 1 rings (SSSR count). The predicted molar refractivity (Wildman–Crippen MR) is 66.5 cm³/mol. The molecule has 0 aromatic carbocycles. The molecule has 0 aliphatic carbocycles. The van der Waals surface area contributed by atoms with E-state index < -0.39 is 0 Å². The number of nitrogens with two attached hydrogens (primary N) is 1. The van der Waals surface area contributed by atoms with Crippen LogP contribution in [0.1, 0.15) is 44.9 Å². The van der Waals surface area contributed by atoms with Gasteiger partial charge in [-0.3, -0.25) is 4.79 Å². The van der Waals surface area contributed by atoms with Gasteiger partial charge in [-0.05, 0) is 26.3 Å². The molecule has 0 atom stereocenters. The van der Waals surface area contributed by atoms with Crippen molar-refractivity contribution in [3.63, 3.8) is 0 Å². The lowest BCUT2D eigenvalue weighted by molar-refractivity contribution is -0.118. The lowest BCUT2D eigenvalue weighted by Gasteiger charge is -2.02. The Hall–Kier alpha value is -1.23. The van der Waals surface area contributed by atoms with E-state index in [1.807, 2.05) is 6.92 Å². The zero-order chi connectivity index (χ0) is 12.5. The molecule has 0 saturated carbocycles. The summed E-state index contributed by atoms with van der Waals surface area (Å²) in [6, 6.07) is 0. The minimum atomic E-state index is 0.250. The fourth-order valence-corrected chi connectivity index (χ4v) is 1.77. The number of aromatic nitrogens is 3. The zero-order valence-electron chi connectivity index (χ0n) is 10.6. The molecule has 0 fully saturated rings. The molecule has 17 heavy (non-hydrogen) atoms. The highest BCUT2D eigenvalue weighted by Gasteiger charge is 2.08. The van der Waals surface area contributed by atoms with Crippen LogP contribution in [0.3, 0.4) is 0 Å². The number of Topliss-reactive ketones (excluding diaryl/α,β-unsaturated/α-hetero) is 1. The molecule has 0 bridgehead atoms. The molecular formula is C12H22N4O. The number of hydrogen-bond donors (Lipinski definition) is 1. The van der Waals surface area contributed by atoms with Gasteiger partial charge in [0, 0.05) is 13.0 Å². The predicted octanol–water partition coefficient (Wildman–Crippen LogP) is 1.32. The first-order valence-electron chi connectivity index (χ1n) is 6.36. The summed E-state index contributed by atoms with van der Waals surface area (Å²) < 4.78 is 1.77. The van der Waals surface area contributed by atoms with Gasteiger partial charge in [0.2, 0.25) is 0 Å². The molecule has 0 spiro atoms. The molecule has 5 nitrogen and oxygen atoms in total. The maximum Gasteiger partial charge on any atom is 0.140 e. The number of ketones is 1. The summed E-state index contributed by atoms with van der Waals surface area (Å²) in [5.74, 6) is 1.03. The number of nitrogens with zero attached hydrogens (tertiary/aromatic N) is 3. The van der Waals surface area contributed by atoms with Crippen molar-refractivity contribution in [2.24, 2.45) is 5.73 Å². The van der Waals surface area contributed by atoms with Crippen molar-refractivity contribution in [2.75, 3.05) is 6.54 Å². The molecule has 0 unspecified atom stereocenters. The van der Waals surface area contributed by atoms with Gasteiger partial charge < -0.3 is 5.73 Å². The van der Waals surface area contributed by atoms with Crippen molar-refractivity contribution >= 4 is 5.78 Å². The number of carbonyl (C=O) groups excluding carboxylic acids is 1. The molecule has 0 aliphatic rings. The standard InChI is InChI=1S/C12H22N4O/c1-2-16-12(14-10-15-16)9-11(17)7-5-3-4-6-8-13/h10H,2-9,13H2,1H3. The van der Waals surface area contributed by atoms with Gasteiger partial charge in [0.05, 0.1) is 6.42 Å². The van der Waals surface area contributed by atoms with E-state index in [1.54, 1.807) is 4.68 Å². The quantitative estimate of drug-likeness (QED) is 0.658.